The Morgan fingerprint density at radius 1 is 0.375 bits per heavy atom. The van der Waals surface area contributed by atoms with Gasteiger partial charge in [0, 0.05) is 25.7 Å². The lowest BCUT2D eigenvalue weighted by Crippen LogP contribution is -2.30. The van der Waals surface area contributed by atoms with E-state index < -0.39 is 97.5 Å². The molecule has 3 N–H and O–H groups in total. The minimum absolute atomic E-state index is 0.0836. The fourth-order valence-corrected chi connectivity index (χ4v) is 11.4. The zero-order chi connectivity index (χ0) is 65.2. The molecule has 0 amide bonds. The normalized spacial score (nSPS) is 14.7. The first-order valence-corrected chi connectivity index (χ1v) is 38.2. The number of carbonyl (C=O) groups is 4. The lowest BCUT2D eigenvalue weighted by molar-refractivity contribution is -0.161. The van der Waals surface area contributed by atoms with E-state index in [2.05, 4.69) is 72.8 Å². The third-order valence-corrected chi connectivity index (χ3v) is 17.5. The predicted molar refractivity (Wildman–Crippen MR) is 354 cm³/mol. The molecule has 0 heterocycles. The van der Waals surface area contributed by atoms with E-state index in [1.54, 1.807) is 0 Å². The fourth-order valence-electron chi connectivity index (χ4n) is 9.79. The van der Waals surface area contributed by atoms with Gasteiger partial charge in [-0.1, -0.05) is 265 Å². The summed E-state index contributed by atoms with van der Waals surface area (Å²) in [5, 5.41) is 10.6. The Hall–Kier alpha value is -2.46. The molecule has 0 rings (SSSR count). The number of unbranched alkanes of at least 4 members (excludes halogenated alkanes) is 29. The Morgan fingerprint density at radius 3 is 1.01 bits per heavy atom. The van der Waals surface area contributed by atoms with Crippen molar-refractivity contribution >= 4 is 39.5 Å². The van der Waals surface area contributed by atoms with Crippen molar-refractivity contribution in [3.8, 4) is 0 Å². The van der Waals surface area contributed by atoms with Crippen LogP contribution in [0.15, 0.2) is 24.3 Å². The van der Waals surface area contributed by atoms with Gasteiger partial charge in [0.05, 0.1) is 26.4 Å². The number of hydrogen-bond donors (Lipinski definition) is 3. The molecular formula is C69H130O17P2. The van der Waals surface area contributed by atoms with Crippen molar-refractivity contribution in [1.29, 1.82) is 0 Å². The number of aliphatic hydroxyl groups is 1. The standard InChI is InChI=1S/C69H130O17P2/c1-8-10-11-12-13-14-15-16-17-18-19-23-28-38-45-52-68(73)85-64(56-79-66(71)50-43-36-30-25-27-34-41-48-61(5)6)58-83-87(75,76)81-54-63(70)55-82-88(77,78)84-59-65(57-80-67(72)51-44-37-32-31-35-42-49-62(7)9-2)86-69(74)53-46-39-29-24-21-20-22-26-33-40-47-60(3)4/h14-17,60-65,70H,8-13,18-59H2,1-7H3,(H,75,76)(H,77,78)/b15-14-,17-16-/t62?,63-,64-,65-/m1/s1. The first kappa shape index (κ1) is 85.5. The van der Waals surface area contributed by atoms with Gasteiger partial charge in [0.2, 0.25) is 0 Å². The fraction of sp³-hybridized carbons (Fsp3) is 0.884. The van der Waals surface area contributed by atoms with E-state index >= 15 is 0 Å². The third-order valence-electron chi connectivity index (χ3n) is 15.6. The van der Waals surface area contributed by atoms with Crippen LogP contribution in [0.5, 0.6) is 0 Å². The van der Waals surface area contributed by atoms with Crippen molar-refractivity contribution in [2.24, 2.45) is 17.8 Å². The number of phosphoric ester groups is 2. The Morgan fingerprint density at radius 2 is 0.670 bits per heavy atom. The van der Waals surface area contributed by atoms with Gasteiger partial charge in [0.25, 0.3) is 0 Å². The van der Waals surface area contributed by atoms with Crippen LogP contribution in [0.4, 0.5) is 0 Å². The highest BCUT2D eigenvalue weighted by Gasteiger charge is 2.30. The van der Waals surface area contributed by atoms with Crippen LogP contribution in [0.3, 0.4) is 0 Å². The Kier molecular flexibility index (Phi) is 57.9. The van der Waals surface area contributed by atoms with Crippen molar-refractivity contribution in [2.75, 3.05) is 39.6 Å². The monoisotopic (exact) mass is 1290 g/mol. The summed E-state index contributed by atoms with van der Waals surface area (Å²) in [4.78, 5) is 72.4. The van der Waals surface area contributed by atoms with Crippen LogP contribution in [0.1, 0.15) is 318 Å². The van der Waals surface area contributed by atoms with Crippen molar-refractivity contribution in [3.63, 3.8) is 0 Å². The number of esters is 4. The van der Waals surface area contributed by atoms with Crippen molar-refractivity contribution in [1.82, 2.24) is 0 Å². The van der Waals surface area contributed by atoms with Crippen molar-refractivity contribution < 1.29 is 80.2 Å². The van der Waals surface area contributed by atoms with Gasteiger partial charge >= 0.3 is 39.5 Å². The molecular weight excluding hydrogens is 1160 g/mol. The van der Waals surface area contributed by atoms with Gasteiger partial charge in [-0.15, -0.1) is 0 Å². The van der Waals surface area contributed by atoms with Gasteiger partial charge in [-0.3, -0.25) is 37.3 Å². The van der Waals surface area contributed by atoms with Crippen LogP contribution < -0.4 is 0 Å². The molecule has 88 heavy (non-hydrogen) atoms. The largest absolute Gasteiger partial charge is 0.472 e. The summed E-state index contributed by atoms with van der Waals surface area (Å²) in [6.07, 6.45) is 45.4. The van der Waals surface area contributed by atoms with Crippen LogP contribution in [-0.2, 0) is 65.4 Å². The average Bonchev–Trinajstić information content (AvgIpc) is 3.57. The number of ether oxygens (including phenoxy) is 4. The lowest BCUT2D eigenvalue weighted by Gasteiger charge is -2.21. The van der Waals surface area contributed by atoms with Gasteiger partial charge in [-0.05, 0) is 69.1 Å². The van der Waals surface area contributed by atoms with Crippen LogP contribution in [-0.4, -0.2) is 96.7 Å². The molecule has 17 nitrogen and oxygen atoms in total. The highest BCUT2D eigenvalue weighted by Crippen LogP contribution is 2.45. The molecule has 0 bridgehead atoms. The topological polar surface area (TPSA) is 237 Å². The summed E-state index contributed by atoms with van der Waals surface area (Å²) < 4.78 is 68.2. The van der Waals surface area contributed by atoms with E-state index in [4.69, 9.17) is 37.0 Å². The number of carbonyl (C=O) groups excluding carboxylic acids is 4. The Balaban J connectivity index is 5.29. The number of rotatable bonds is 65. The molecule has 0 aromatic rings. The Labute approximate surface area is 535 Å². The third kappa shape index (κ3) is 61.1. The maximum atomic E-state index is 13.0. The molecule has 0 aromatic carbocycles. The minimum Gasteiger partial charge on any atom is -0.462 e. The molecule has 19 heteroatoms. The second-order valence-electron chi connectivity index (χ2n) is 25.4. The van der Waals surface area contributed by atoms with Crippen LogP contribution in [0.2, 0.25) is 0 Å². The second kappa shape index (κ2) is 59.5. The summed E-state index contributed by atoms with van der Waals surface area (Å²) in [7, 11) is -9.91. The van der Waals surface area contributed by atoms with Gasteiger partial charge in [-0.25, -0.2) is 9.13 Å². The molecule has 0 fully saturated rings. The van der Waals surface area contributed by atoms with Crippen LogP contribution >= 0.6 is 15.6 Å². The van der Waals surface area contributed by atoms with E-state index in [9.17, 15) is 43.2 Å². The first-order valence-electron chi connectivity index (χ1n) is 35.2. The lowest BCUT2D eigenvalue weighted by atomic mass is 10.00. The van der Waals surface area contributed by atoms with E-state index in [1.165, 1.54) is 103 Å². The number of aliphatic hydroxyl groups excluding tert-OH is 1. The molecule has 0 aromatic heterocycles. The SMILES string of the molecule is CCCCCC/C=C\C=C/CCCCCCCC(=O)O[C@H](COC(=O)CCCCCCCCCC(C)C)COP(=O)(O)OC[C@@H](O)COP(=O)(O)OC[C@@H](COC(=O)CCCCCCCCC(C)CC)OC(=O)CCCCCCCCCCCCC(C)C. The molecule has 0 spiro atoms. The molecule has 0 saturated heterocycles. The van der Waals surface area contributed by atoms with Gasteiger partial charge in [0.1, 0.15) is 19.3 Å². The van der Waals surface area contributed by atoms with Gasteiger partial charge < -0.3 is 33.8 Å². The summed E-state index contributed by atoms with van der Waals surface area (Å²) in [5.41, 5.74) is 0. The second-order valence-corrected chi connectivity index (χ2v) is 28.3. The molecule has 0 aliphatic heterocycles. The van der Waals surface area contributed by atoms with E-state index in [0.717, 1.165) is 127 Å². The number of phosphoric acid groups is 2. The summed E-state index contributed by atoms with van der Waals surface area (Å²) in [6, 6.07) is 0. The molecule has 0 aliphatic carbocycles. The van der Waals surface area contributed by atoms with E-state index in [-0.39, 0.29) is 25.7 Å². The maximum absolute atomic E-state index is 13.0. The van der Waals surface area contributed by atoms with Crippen molar-refractivity contribution in [3.05, 3.63) is 24.3 Å². The first-order chi connectivity index (χ1) is 42.3. The zero-order valence-corrected chi connectivity index (χ0v) is 58.5. The minimum atomic E-state index is -4.96. The maximum Gasteiger partial charge on any atom is 0.472 e. The highest BCUT2D eigenvalue weighted by atomic mass is 31.2. The zero-order valence-electron chi connectivity index (χ0n) is 56.7. The molecule has 518 valence electrons. The molecule has 6 atom stereocenters. The van der Waals surface area contributed by atoms with E-state index in [1.807, 2.05) is 0 Å². The molecule has 0 radical (unpaired) electrons. The molecule has 0 aliphatic rings. The number of hydrogen-bond acceptors (Lipinski definition) is 15. The van der Waals surface area contributed by atoms with Crippen LogP contribution in [0, 0.1) is 17.8 Å². The van der Waals surface area contributed by atoms with Gasteiger partial charge in [-0.2, -0.15) is 0 Å². The van der Waals surface area contributed by atoms with Crippen LogP contribution in [0.25, 0.3) is 0 Å². The van der Waals surface area contributed by atoms with Gasteiger partial charge in [0.15, 0.2) is 12.2 Å². The Bertz CT molecular complexity index is 1830. The summed E-state index contributed by atoms with van der Waals surface area (Å²) >= 11 is 0. The quantitative estimate of drug-likeness (QED) is 0.0169. The van der Waals surface area contributed by atoms with Crippen molar-refractivity contribution in [2.45, 2.75) is 336 Å². The molecule has 3 unspecified atom stereocenters. The summed E-state index contributed by atoms with van der Waals surface area (Å²) in [5.74, 6) is 0.0202. The predicted octanol–water partition coefficient (Wildman–Crippen LogP) is 19.0. The number of allylic oxidation sites excluding steroid dienone is 4. The van der Waals surface area contributed by atoms with E-state index in [0.29, 0.717) is 31.6 Å². The highest BCUT2D eigenvalue weighted by molar-refractivity contribution is 7.47. The molecule has 0 saturated carbocycles. The average molecular weight is 1290 g/mol. The summed E-state index contributed by atoms with van der Waals surface area (Å²) in [6.45, 7) is 11.7. The smallest absolute Gasteiger partial charge is 0.462 e.